The van der Waals surface area contributed by atoms with E-state index in [2.05, 4.69) is 22.3 Å². The first-order valence-corrected chi connectivity index (χ1v) is 10.1. The van der Waals surface area contributed by atoms with Crippen molar-refractivity contribution < 1.29 is 9.47 Å². The van der Waals surface area contributed by atoms with Crippen molar-refractivity contribution in [1.82, 2.24) is 10.2 Å². The van der Waals surface area contributed by atoms with Crippen LogP contribution in [0.3, 0.4) is 0 Å². The minimum absolute atomic E-state index is 0. The summed E-state index contributed by atoms with van der Waals surface area (Å²) in [6.07, 6.45) is 2.60. The van der Waals surface area contributed by atoms with Crippen molar-refractivity contribution >= 4 is 36.4 Å². The monoisotopic (exact) mass is 458 g/mol. The van der Waals surface area contributed by atoms with E-state index in [9.17, 15) is 0 Å². The molecule has 160 valence electrons. The van der Waals surface area contributed by atoms with Crippen LogP contribution in [-0.4, -0.2) is 37.7 Å². The number of piperidine rings is 3. The van der Waals surface area contributed by atoms with Gasteiger partial charge in [0.15, 0.2) is 11.5 Å². The number of fused-ring (bicyclic) bond motifs is 3. The Kier molecular flexibility index (Phi) is 9.38. The maximum absolute atomic E-state index is 6.33. The number of benzene rings is 2. The molecule has 2 aromatic rings. The van der Waals surface area contributed by atoms with Gasteiger partial charge in [-0.2, -0.15) is 0 Å². The Balaban J connectivity index is 0.00000150. The molecule has 2 aromatic carbocycles. The van der Waals surface area contributed by atoms with Gasteiger partial charge in [0.1, 0.15) is 6.61 Å². The van der Waals surface area contributed by atoms with Gasteiger partial charge < -0.3 is 19.7 Å². The summed E-state index contributed by atoms with van der Waals surface area (Å²) < 4.78 is 11.7. The summed E-state index contributed by atoms with van der Waals surface area (Å²) in [5.41, 5.74) is 2.18. The molecule has 29 heavy (non-hydrogen) atoms. The summed E-state index contributed by atoms with van der Waals surface area (Å²) in [6, 6.07) is 14.5. The Hall–Kier alpha value is -1.17. The molecule has 0 radical (unpaired) electrons. The second-order valence-corrected chi connectivity index (χ2v) is 7.93. The third-order valence-electron chi connectivity index (χ3n) is 5.75. The number of nitrogens with zero attached hydrogens (tertiary/aromatic N) is 1. The Bertz CT molecular complexity index is 768. The highest BCUT2D eigenvalue weighted by atomic mass is 35.5. The lowest BCUT2D eigenvalue weighted by Gasteiger charge is -2.45. The lowest BCUT2D eigenvalue weighted by atomic mass is 9.84. The van der Waals surface area contributed by atoms with Gasteiger partial charge in [-0.15, -0.1) is 24.8 Å². The molecule has 0 amide bonds. The summed E-state index contributed by atoms with van der Waals surface area (Å²) >= 11 is 6.33. The molecular formula is C22H29Cl3N2O2. The van der Waals surface area contributed by atoms with Crippen molar-refractivity contribution in [2.75, 3.05) is 26.7 Å². The first-order valence-electron chi connectivity index (χ1n) is 9.72. The minimum Gasteiger partial charge on any atom is -0.493 e. The number of rotatable bonds is 7. The molecule has 1 N–H and O–H groups in total. The van der Waals surface area contributed by atoms with E-state index < -0.39 is 0 Å². The first kappa shape index (κ1) is 24.1. The quantitative estimate of drug-likeness (QED) is 0.635. The van der Waals surface area contributed by atoms with Gasteiger partial charge in [0, 0.05) is 35.8 Å². The van der Waals surface area contributed by atoms with Gasteiger partial charge in [-0.1, -0.05) is 41.9 Å². The fourth-order valence-corrected chi connectivity index (χ4v) is 4.47. The second-order valence-electron chi connectivity index (χ2n) is 7.50. The number of methoxy groups -OCH3 is 1. The van der Waals surface area contributed by atoms with Gasteiger partial charge in [-0.25, -0.2) is 0 Å². The maximum atomic E-state index is 6.33. The van der Waals surface area contributed by atoms with Crippen molar-refractivity contribution in [1.29, 1.82) is 0 Å². The van der Waals surface area contributed by atoms with Crippen LogP contribution in [0.25, 0.3) is 0 Å². The second kappa shape index (κ2) is 11.3. The van der Waals surface area contributed by atoms with Crippen molar-refractivity contribution in [3.8, 4) is 11.5 Å². The molecule has 0 aromatic heterocycles. The minimum atomic E-state index is 0. The van der Waals surface area contributed by atoms with Crippen LogP contribution < -0.4 is 14.8 Å². The molecule has 3 aliphatic rings. The molecule has 5 rings (SSSR count). The highest BCUT2D eigenvalue weighted by molar-refractivity contribution is 6.30. The predicted molar refractivity (Wildman–Crippen MR) is 123 cm³/mol. The number of hydrogen-bond donors (Lipinski definition) is 1. The fraction of sp³-hybridized carbons (Fsp3) is 0.455. The fourth-order valence-electron chi connectivity index (χ4n) is 4.24. The van der Waals surface area contributed by atoms with Crippen LogP contribution in [0.15, 0.2) is 42.5 Å². The zero-order valence-corrected chi connectivity index (χ0v) is 19.0. The van der Waals surface area contributed by atoms with E-state index in [0.29, 0.717) is 23.4 Å². The summed E-state index contributed by atoms with van der Waals surface area (Å²) in [5.74, 6) is 2.24. The highest BCUT2D eigenvalue weighted by Crippen LogP contribution is 2.36. The Morgan fingerprint density at radius 1 is 1.10 bits per heavy atom. The topological polar surface area (TPSA) is 33.7 Å². The van der Waals surface area contributed by atoms with Gasteiger partial charge in [0.05, 0.1) is 7.11 Å². The molecular weight excluding hydrogens is 431 g/mol. The average Bonchev–Trinajstić information content (AvgIpc) is 2.72. The van der Waals surface area contributed by atoms with Crippen LogP contribution in [-0.2, 0) is 13.2 Å². The Labute approximate surface area is 190 Å². The summed E-state index contributed by atoms with van der Waals surface area (Å²) in [4.78, 5) is 2.56. The van der Waals surface area contributed by atoms with Gasteiger partial charge in [-0.3, -0.25) is 0 Å². The van der Waals surface area contributed by atoms with Crippen molar-refractivity contribution in [2.45, 2.75) is 32.0 Å². The van der Waals surface area contributed by atoms with Crippen molar-refractivity contribution in [2.24, 2.45) is 5.92 Å². The smallest absolute Gasteiger partial charge is 0.166 e. The standard InChI is InChI=1S/C22H27ClN2O2.2ClH/c1-26-21-12-19(23)11-18(22(21)27-15-16-5-3-2-4-6-16)13-24-20-14-25-9-7-17(20)8-10-25;;/h2-6,11-12,17,20,24H,7-10,13-15H2,1H3;2*1H. The van der Waals surface area contributed by atoms with Crippen LogP contribution in [0.5, 0.6) is 11.5 Å². The third-order valence-corrected chi connectivity index (χ3v) is 5.97. The van der Waals surface area contributed by atoms with Crippen molar-refractivity contribution in [3.05, 3.63) is 58.6 Å². The number of ether oxygens (including phenoxy) is 2. The molecule has 0 saturated carbocycles. The van der Waals surface area contributed by atoms with Gasteiger partial charge in [0.25, 0.3) is 0 Å². The molecule has 3 fully saturated rings. The third kappa shape index (κ3) is 5.93. The van der Waals surface area contributed by atoms with E-state index in [0.717, 1.165) is 35.9 Å². The molecule has 3 saturated heterocycles. The first-order chi connectivity index (χ1) is 13.2. The van der Waals surface area contributed by atoms with Crippen LogP contribution in [0.4, 0.5) is 0 Å². The zero-order valence-electron chi connectivity index (χ0n) is 16.6. The van der Waals surface area contributed by atoms with Gasteiger partial charge >= 0.3 is 0 Å². The predicted octanol–water partition coefficient (Wildman–Crippen LogP) is 4.96. The molecule has 3 aliphatic heterocycles. The molecule has 1 atom stereocenters. The molecule has 1 unspecified atom stereocenters. The van der Waals surface area contributed by atoms with Crippen LogP contribution in [0.1, 0.15) is 24.0 Å². The summed E-state index contributed by atoms with van der Waals surface area (Å²) in [7, 11) is 1.66. The molecule has 0 spiro atoms. The number of halogens is 3. The van der Waals surface area contributed by atoms with Crippen LogP contribution in [0, 0.1) is 5.92 Å². The van der Waals surface area contributed by atoms with E-state index in [-0.39, 0.29) is 24.8 Å². The molecule has 7 heteroatoms. The lowest BCUT2D eigenvalue weighted by Crippen LogP contribution is -2.55. The molecule has 3 heterocycles. The van der Waals surface area contributed by atoms with E-state index >= 15 is 0 Å². The van der Waals surface area contributed by atoms with Crippen LogP contribution >= 0.6 is 36.4 Å². The Morgan fingerprint density at radius 3 is 2.45 bits per heavy atom. The van der Waals surface area contributed by atoms with Crippen molar-refractivity contribution in [3.63, 3.8) is 0 Å². The zero-order chi connectivity index (χ0) is 18.6. The van der Waals surface area contributed by atoms with E-state index in [1.807, 2.05) is 30.3 Å². The highest BCUT2D eigenvalue weighted by Gasteiger charge is 2.33. The average molecular weight is 460 g/mol. The normalized spacial score (nSPS) is 22.3. The molecule has 2 bridgehead atoms. The molecule has 4 nitrogen and oxygen atoms in total. The Morgan fingerprint density at radius 2 is 1.83 bits per heavy atom. The largest absolute Gasteiger partial charge is 0.493 e. The van der Waals surface area contributed by atoms with E-state index in [4.69, 9.17) is 21.1 Å². The van der Waals surface area contributed by atoms with Gasteiger partial charge in [-0.05, 0) is 43.5 Å². The summed E-state index contributed by atoms with van der Waals surface area (Å²) in [6.45, 7) is 4.88. The van der Waals surface area contributed by atoms with Gasteiger partial charge in [0.2, 0.25) is 0 Å². The molecule has 0 aliphatic carbocycles. The number of hydrogen-bond acceptors (Lipinski definition) is 4. The van der Waals surface area contributed by atoms with E-state index in [1.165, 1.54) is 25.9 Å². The number of nitrogens with one attached hydrogen (secondary N) is 1. The summed E-state index contributed by atoms with van der Waals surface area (Å²) in [5, 5.41) is 4.42. The van der Waals surface area contributed by atoms with Crippen LogP contribution in [0.2, 0.25) is 5.02 Å². The van der Waals surface area contributed by atoms with E-state index in [1.54, 1.807) is 7.11 Å². The maximum Gasteiger partial charge on any atom is 0.166 e. The SMILES string of the molecule is COc1cc(Cl)cc(CNC2CN3CCC2CC3)c1OCc1ccccc1.Cl.Cl. The lowest BCUT2D eigenvalue weighted by molar-refractivity contribution is 0.0718.